The van der Waals surface area contributed by atoms with Gasteiger partial charge in [-0.1, -0.05) is 20.3 Å². The topological polar surface area (TPSA) is 29.1 Å². The van der Waals surface area contributed by atoms with Crippen molar-refractivity contribution in [1.29, 1.82) is 0 Å². The van der Waals surface area contributed by atoms with Crippen molar-refractivity contribution in [2.24, 2.45) is 34.5 Å². The van der Waals surface area contributed by atoms with Crippen LogP contribution in [0.25, 0.3) is 0 Å². The number of amides is 1. The normalized spacial score (nSPS) is 52.2. The molecule has 4 fully saturated rings. The van der Waals surface area contributed by atoms with Crippen LogP contribution in [-0.2, 0) is 4.79 Å². The maximum absolute atomic E-state index is 11.4. The molecule has 2 unspecified atom stereocenters. The predicted molar refractivity (Wildman–Crippen MR) is 93.9 cm³/mol. The molecule has 1 N–H and O–H groups in total. The molecule has 0 aromatic heterocycles. The van der Waals surface area contributed by atoms with Gasteiger partial charge in [-0.3, -0.25) is 4.79 Å². The lowest BCUT2D eigenvalue weighted by molar-refractivity contribution is -0.124. The zero-order valence-electron chi connectivity index (χ0n) is 15.4. The fourth-order valence-corrected chi connectivity index (χ4v) is 7.67. The first-order valence-electron chi connectivity index (χ1n) is 10.2. The van der Waals surface area contributed by atoms with Crippen molar-refractivity contribution < 1.29 is 4.79 Å². The van der Waals surface area contributed by atoms with Gasteiger partial charge in [0.15, 0.2) is 0 Å². The van der Waals surface area contributed by atoms with Gasteiger partial charge in [-0.25, -0.2) is 0 Å². The minimum absolute atomic E-state index is 0.159. The number of hydrogen-bond acceptors (Lipinski definition) is 1. The van der Waals surface area contributed by atoms with Crippen molar-refractivity contribution in [3.8, 4) is 0 Å². The average Bonchev–Trinajstić information content (AvgIpc) is 2.89. The summed E-state index contributed by atoms with van der Waals surface area (Å²) in [5.74, 6) is 4.00. The highest BCUT2D eigenvalue weighted by molar-refractivity contribution is 5.73. The lowest BCUT2D eigenvalue weighted by Crippen LogP contribution is -2.54. The molecule has 1 amide bonds. The van der Waals surface area contributed by atoms with Crippen LogP contribution >= 0.6 is 0 Å². The Kier molecular flexibility index (Phi) is 3.81. The molecule has 0 spiro atoms. The summed E-state index contributed by atoms with van der Waals surface area (Å²) in [6.07, 6.45) is 14.1. The Labute approximate surface area is 142 Å². The zero-order chi connectivity index (χ0) is 16.2. The summed E-state index contributed by atoms with van der Waals surface area (Å²) in [5.41, 5.74) is 1.24. The van der Waals surface area contributed by atoms with Crippen LogP contribution in [0.3, 0.4) is 0 Å². The monoisotopic (exact) mass is 317 g/mol. The third kappa shape index (κ3) is 2.46. The second kappa shape index (κ2) is 5.49. The highest BCUT2D eigenvalue weighted by Gasteiger charge is 2.57. The molecule has 0 aromatic rings. The van der Waals surface area contributed by atoms with Crippen LogP contribution in [0.4, 0.5) is 0 Å². The van der Waals surface area contributed by atoms with Crippen molar-refractivity contribution in [2.45, 2.75) is 91.0 Å². The van der Waals surface area contributed by atoms with Gasteiger partial charge < -0.3 is 5.32 Å². The molecule has 4 aliphatic carbocycles. The van der Waals surface area contributed by atoms with Crippen LogP contribution < -0.4 is 5.32 Å². The summed E-state index contributed by atoms with van der Waals surface area (Å²) in [6, 6.07) is 0.447. The van der Waals surface area contributed by atoms with Crippen molar-refractivity contribution in [3.63, 3.8) is 0 Å². The van der Waals surface area contributed by atoms with Crippen LogP contribution in [0.5, 0.6) is 0 Å². The van der Waals surface area contributed by atoms with Crippen molar-refractivity contribution in [3.05, 3.63) is 0 Å². The molecule has 0 radical (unpaired) electrons. The molecule has 2 nitrogen and oxygen atoms in total. The minimum atomic E-state index is 0.159. The van der Waals surface area contributed by atoms with Gasteiger partial charge in [0, 0.05) is 13.0 Å². The molecule has 4 aliphatic rings. The van der Waals surface area contributed by atoms with Crippen LogP contribution in [0, 0.1) is 34.5 Å². The molecular formula is C21H35NO. The smallest absolute Gasteiger partial charge is 0.217 e. The van der Waals surface area contributed by atoms with Gasteiger partial charge in [0.1, 0.15) is 0 Å². The quantitative estimate of drug-likeness (QED) is 0.730. The number of fused-ring (bicyclic) bond motifs is 5. The van der Waals surface area contributed by atoms with E-state index in [-0.39, 0.29) is 5.91 Å². The highest BCUT2D eigenvalue weighted by Crippen LogP contribution is 2.66. The molecule has 23 heavy (non-hydrogen) atoms. The van der Waals surface area contributed by atoms with Crippen molar-refractivity contribution >= 4 is 5.91 Å². The summed E-state index contributed by atoms with van der Waals surface area (Å²) in [4.78, 5) is 11.4. The Morgan fingerprint density at radius 3 is 2.57 bits per heavy atom. The molecule has 0 saturated heterocycles. The van der Waals surface area contributed by atoms with E-state index in [1.807, 2.05) is 0 Å². The fraction of sp³-hybridized carbons (Fsp3) is 0.952. The van der Waals surface area contributed by atoms with E-state index in [1.165, 1.54) is 64.2 Å². The van der Waals surface area contributed by atoms with Gasteiger partial charge in [-0.15, -0.1) is 0 Å². The van der Waals surface area contributed by atoms with E-state index in [4.69, 9.17) is 0 Å². The van der Waals surface area contributed by atoms with Crippen molar-refractivity contribution in [1.82, 2.24) is 5.32 Å². The molecule has 2 heteroatoms. The second-order valence-electron chi connectivity index (χ2n) is 9.91. The Morgan fingerprint density at radius 2 is 1.78 bits per heavy atom. The van der Waals surface area contributed by atoms with Gasteiger partial charge in [0.05, 0.1) is 0 Å². The van der Waals surface area contributed by atoms with Crippen LogP contribution in [0.1, 0.15) is 85.0 Å². The summed E-state index contributed by atoms with van der Waals surface area (Å²) in [7, 11) is 0. The number of carbonyl (C=O) groups is 1. The Hall–Kier alpha value is -0.530. The number of hydrogen-bond donors (Lipinski definition) is 1. The summed E-state index contributed by atoms with van der Waals surface area (Å²) in [6.45, 7) is 6.89. The van der Waals surface area contributed by atoms with E-state index in [0.717, 1.165) is 23.7 Å². The summed E-state index contributed by atoms with van der Waals surface area (Å²) >= 11 is 0. The van der Waals surface area contributed by atoms with Crippen LogP contribution in [0.15, 0.2) is 0 Å². The molecule has 4 saturated carbocycles. The van der Waals surface area contributed by atoms with Gasteiger partial charge in [0.2, 0.25) is 5.91 Å². The molecule has 4 rings (SSSR count). The molecule has 7 atom stereocenters. The van der Waals surface area contributed by atoms with Crippen LogP contribution in [-0.4, -0.2) is 11.9 Å². The van der Waals surface area contributed by atoms with E-state index in [2.05, 4.69) is 19.2 Å². The number of carbonyl (C=O) groups excluding carboxylic acids is 1. The van der Waals surface area contributed by atoms with E-state index in [0.29, 0.717) is 16.9 Å². The molecule has 130 valence electrons. The average molecular weight is 318 g/mol. The van der Waals surface area contributed by atoms with Crippen LogP contribution in [0.2, 0.25) is 0 Å². The summed E-state index contributed by atoms with van der Waals surface area (Å²) < 4.78 is 0. The van der Waals surface area contributed by atoms with Crippen molar-refractivity contribution in [2.75, 3.05) is 0 Å². The van der Waals surface area contributed by atoms with E-state index in [1.54, 1.807) is 6.92 Å². The Bertz CT molecular complexity index is 488. The first-order chi connectivity index (χ1) is 10.9. The van der Waals surface area contributed by atoms with E-state index < -0.39 is 0 Å². The zero-order valence-corrected chi connectivity index (χ0v) is 15.4. The van der Waals surface area contributed by atoms with E-state index in [9.17, 15) is 4.79 Å². The SMILES string of the molecule is CC(=O)N[C@@H]1CC[C@]2(C)C3CC[C@]4(C)CCCC4[C@@H]3CC[C@H]2C1. The third-order valence-electron chi connectivity index (χ3n) is 8.85. The molecule has 0 heterocycles. The molecular weight excluding hydrogens is 282 g/mol. The minimum Gasteiger partial charge on any atom is -0.354 e. The maximum atomic E-state index is 11.4. The standard InChI is InChI=1S/C21H35NO/c1-14(23)22-16-8-12-21(3)15(13-16)6-7-17-18-5-4-10-20(18,2)11-9-19(17)21/h15-19H,4-13H2,1-3H3,(H,22,23)/t15-,16+,17-,18?,19?,20-,21-/m0/s1. The fourth-order valence-electron chi connectivity index (χ4n) is 7.67. The number of rotatable bonds is 1. The molecule has 0 aromatic carbocycles. The predicted octanol–water partition coefficient (Wildman–Crippen LogP) is 4.92. The van der Waals surface area contributed by atoms with Gasteiger partial charge >= 0.3 is 0 Å². The maximum Gasteiger partial charge on any atom is 0.217 e. The lowest BCUT2D eigenvalue weighted by atomic mass is 9.45. The van der Waals surface area contributed by atoms with Gasteiger partial charge in [-0.05, 0) is 92.3 Å². The summed E-state index contributed by atoms with van der Waals surface area (Å²) in [5, 5.41) is 3.21. The van der Waals surface area contributed by atoms with Gasteiger partial charge in [-0.2, -0.15) is 0 Å². The third-order valence-corrected chi connectivity index (χ3v) is 8.85. The first-order valence-corrected chi connectivity index (χ1v) is 10.2. The van der Waals surface area contributed by atoms with E-state index >= 15 is 0 Å². The van der Waals surface area contributed by atoms with Gasteiger partial charge in [0.25, 0.3) is 0 Å². The molecule has 0 aliphatic heterocycles. The second-order valence-corrected chi connectivity index (χ2v) is 9.91. The number of nitrogens with one attached hydrogen (secondary N) is 1. The largest absolute Gasteiger partial charge is 0.354 e. The lowest BCUT2D eigenvalue weighted by Gasteiger charge is -2.60. The Balaban J connectivity index is 1.53. The Morgan fingerprint density at radius 1 is 0.957 bits per heavy atom. The molecule has 0 bridgehead atoms. The first kappa shape index (κ1) is 16.0. The highest BCUT2D eigenvalue weighted by atomic mass is 16.1.